The average Bonchev–Trinajstić information content (AvgIpc) is 1.79. The molecule has 0 N–H and O–H groups in total. The standard InChI is InChI=1S/C8H16O2/c1-7(2)5-3-4-6-8(9)10/h7H,3-6H2,1-2H3,(H,9,10)/p-1. The molecule has 0 amide bonds. The normalized spacial score (nSPS) is 10.3. The number of unbranched alkanes of at least 4 members (excludes halogenated alkanes) is 1. The van der Waals surface area contributed by atoms with Gasteiger partial charge in [0.25, 0.3) is 0 Å². The highest BCUT2D eigenvalue weighted by atomic mass is 16.4. The van der Waals surface area contributed by atoms with Crippen LogP contribution in [0.15, 0.2) is 0 Å². The second-order valence-corrected chi connectivity index (χ2v) is 3.01. The van der Waals surface area contributed by atoms with Crippen LogP contribution in [0.1, 0.15) is 39.5 Å². The molecule has 0 radical (unpaired) electrons. The highest BCUT2D eigenvalue weighted by molar-refractivity contribution is 5.63. The number of carbonyl (C=O) groups is 1. The van der Waals surface area contributed by atoms with Crippen LogP contribution >= 0.6 is 0 Å². The molecule has 0 aromatic rings. The maximum atomic E-state index is 9.93. The van der Waals surface area contributed by atoms with Gasteiger partial charge in [-0.3, -0.25) is 0 Å². The lowest BCUT2D eigenvalue weighted by atomic mass is 10.1. The van der Waals surface area contributed by atoms with E-state index in [0.29, 0.717) is 5.92 Å². The monoisotopic (exact) mass is 143 g/mol. The minimum atomic E-state index is -0.927. The van der Waals surface area contributed by atoms with Crippen molar-refractivity contribution in [3.63, 3.8) is 0 Å². The van der Waals surface area contributed by atoms with Crippen LogP contribution in [0.25, 0.3) is 0 Å². The van der Waals surface area contributed by atoms with Gasteiger partial charge in [0, 0.05) is 5.97 Å². The average molecular weight is 143 g/mol. The van der Waals surface area contributed by atoms with E-state index in [2.05, 4.69) is 13.8 Å². The lowest BCUT2D eigenvalue weighted by molar-refractivity contribution is -0.305. The van der Waals surface area contributed by atoms with Gasteiger partial charge in [0.2, 0.25) is 0 Å². The third-order valence-corrected chi connectivity index (χ3v) is 1.41. The van der Waals surface area contributed by atoms with Gasteiger partial charge in [0.1, 0.15) is 0 Å². The summed E-state index contributed by atoms with van der Waals surface area (Å²) >= 11 is 0. The van der Waals surface area contributed by atoms with Crippen LogP contribution in [-0.2, 0) is 4.79 Å². The highest BCUT2D eigenvalue weighted by Crippen LogP contribution is 2.07. The van der Waals surface area contributed by atoms with Gasteiger partial charge in [-0.15, -0.1) is 0 Å². The number of hydrogen-bond acceptors (Lipinski definition) is 2. The molecule has 0 aliphatic heterocycles. The van der Waals surface area contributed by atoms with E-state index in [1.165, 1.54) is 0 Å². The molecule has 0 spiro atoms. The number of carboxylic acid groups (broad SMARTS) is 1. The topological polar surface area (TPSA) is 40.1 Å². The van der Waals surface area contributed by atoms with Crippen LogP contribution in [0.5, 0.6) is 0 Å². The zero-order valence-corrected chi connectivity index (χ0v) is 6.72. The molecule has 0 atom stereocenters. The van der Waals surface area contributed by atoms with E-state index in [1.807, 2.05) is 0 Å². The van der Waals surface area contributed by atoms with Crippen LogP contribution in [-0.4, -0.2) is 5.97 Å². The SMILES string of the molecule is CC(C)CCCCC(=O)[O-]. The predicted octanol–water partition coefficient (Wildman–Crippen LogP) is 0.953. The first-order valence-corrected chi connectivity index (χ1v) is 3.82. The van der Waals surface area contributed by atoms with Crippen molar-refractivity contribution in [2.45, 2.75) is 39.5 Å². The van der Waals surface area contributed by atoms with Gasteiger partial charge in [0.05, 0.1) is 0 Å². The third-order valence-electron chi connectivity index (χ3n) is 1.41. The molecule has 0 aromatic carbocycles. The molecule has 0 aliphatic rings. The molecule has 2 nitrogen and oxygen atoms in total. The molecule has 0 saturated carbocycles. The number of rotatable bonds is 5. The van der Waals surface area contributed by atoms with Gasteiger partial charge >= 0.3 is 0 Å². The number of carbonyl (C=O) groups excluding carboxylic acids is 1. The van der Waals surface area contributed by atoms with Crippen molar-refractivity contribution in [3.8, 4) is 0 Å². The zero-order valence-electron chi connectivity index (χ0n) is 6.72. The van der Waals surface area contributed by atoms with Crippen molar-refractivity contribution in [2.24, 2.45) is 5.92 Å². The van der Waals surface area contributed by atoms with E-state index in [9.17, 15) is 9.90 Å². The minimum absolute atomic E-state index is 0.215. The van der Waals surface area contributed by atoms with Gasteiger partial charge in [-0.2, -0.15) is 0 Å². The summed E-state index contributed by atoms with van der Waals surface area (Å²) < 4.78 is 0. The smallest absolute Gasteiger partial charge is 0.0414 e. The Morgan fingerprint density at radius 1 is 1.40 bits per heavy atom. The van der Waals surface area contributed by atoms with E-state index in [1.54, 1.807) is 0 Å². The Kier molecular flexibility index (Phi) is 4.99. The summed E-state index contributed by atoms with van der Waals surface area (Å²) in [4.78, 5) is 9.93. The predicted molar refractivity (Wildman–Crippen MR) is 38.3 cm³/mol. The van der Waals surface area contributed by atoms with Crippen LogP contribution in [0.3, 0.4) is 0 Å². The van der Waals surface area contributed by atoms with Crippen molar-refractivity contribution in [2.75, 3.05) is 0 Å². The molecule has 0 aromatic heterocycles. The third kappa shape index (κ3) is 7.47. The Balaban J connectivity index is 2.98. The van der Waals surface area contributed by atoms with Crippen molar-refractivity contribution in [3.05, 3.63) is 0 Å². The zero-order chi connectivity index (χ0) is 7.98. The number of carboxylic acids is 1. The maximum absolute atomic E-state index is 9.93. The second kappa shape index (κ2) is 5.27. The fourth-order valence-electron chi connectivity index (χ4n) is 0.822. The van der Waals surface area contributed by atoms with E-state index >= 15 is 0 Å². The van der Waals surface area contributed by atoms with Crippen LogP contribution in [0, 0.1) is 5.92 Å². The van der Waals surface area contributed by atoms with Crippen LogP contribution in [0.2, 0.25) is 0 Å². The van der Waals surface area contributed by atoms with Gasteiger partial charge in [-0.05, 0) is 18.8 Å². The Bertz CT molecular complexity index is 97.4. The molecule has 0 aliphatic carbocycles. The summed E-state index contributed by atoms with van der Waals surface area (Å²) in [5.74, 6) is -0.245. The molecular formula is C8H15O2-. The van der Waals surface area contributed by atoms with Gasteiger partial charge in [-0.1, -0.05) is 26.7 Å². The Hall–Kier alpha value is -0.530. The number of aliphatic carboxylic acids is 1. The Labute approximate surface area is 62.2 Å². The van der Waals surface area contributed by atoms with Crippen LogP contribution < -0.4 is 5.11 Å². The first kappa shape index (κ1) is 9.47. The van der Waals surface area contributed by atoms with E-state index in [4.69, 9.17) is 0 Å². The van der Waals surface area contributed by atoms with Crippen LogP contribution in [0.4, 0.5) is 0 Å². The number of hydrogen-bond donors (Lipinski definition) is 0. The molecule has 10 heavy (non-hydrogen) atoms. The van der Waals surface area contributed by atoms with E-state index < -0.39 is 5.97 Å². The first-order chi connectivity index (χ1) is 4.63. The maximum Gasteiger partial charge on any atom is 0.0414 e. The molecule has 0 unspecified atom stereocenters. The Morgan fingerprint density at radius 2 is 2.00 bits per heavy atom. The largest absolute Gasteiger partial charge is 0.550 e. The summed E-state index contributed by atoms with van der Waals surface area (Å²) in [5.41, 5.74) is 0. The van der Waals surface area contributed by atoms with Gasteiger partial charge in [0.15, 0.2) is 0 Å². The van der Waals surface area contributed by atoms with Crippen molar-refractivity contribution in [1.82, 2.24) is 0 Å². The van der Waals surface area contributed by atoms with Crippen molar-refractivity contribution >= 4 is 5.97 Å². The summed E-state index contributed by atoms with van der Waals surface area (Å²) in [5, 5.41) is 9.93. The summed E-state index contributed by atoms with van der Waals surface area (Å²) in [6.45, 7) is 4.28. The molecule has 60 valence electrons. The molecule has 0 rings (SSSR count). The molecule has 2 heteroatoms. The molecule has 0 bridgehead atoms. The van der Waals surface area contributed by atoms with Gasteiger partial charge < -0.3 is 9.90 Å². The second-order valence-electron chi connectivity index (χ2n) is 3.01. The summed E-state index contributed by atoms with van der Waals surface area (Å²) in [7, 11) is 0. The first-order valence-electron chi connectivity index (χ1n) is 3.82. The Morgan fingerprint density at radius 3 is 2.40 bits per heavy atom. The van der Waals surface area contributed by atoms with Crippen molar-refractivity contribution in [1.29, 1.82) is 0 Å². The van der Waals surface area contributed by atoms with E-state index in [-0.39, 0.29) is 6.42 Å². The lowest BCUT2D eigenvalue weighted by Gasteiger charge is -2.03. The van der Waals surface area contributed by atoms with E-state index in [0.717, 1.165) is 19.3 Å². The lowest BCUT2D eigenvalue weighted by Crippen LogP contribution is -2.21. The van der Waals surface area contributed by atoms with Crippen molar-refractivity contribution < 1.29 is 9.90 Å². The molecule has 0 saturated heterocycles. The van der Waals surface area contributed by atoms with Gasteiger partial charge in [-0.25, -0.2) is 0 Å². The fourth-order valence-corrected chi connectivity index (χ4v) is 0.822. The highest BCUT2D eigenvalue weighted by Gasteiger charge is 1.93. The minimum Gasteiger partial charge on any atom is -0.550 e. The quantitative estimate of drug-likeness (QED) is 0.538. The fraction of sp³-hybridized carbons (Fsp3) is 0.875. The molecular weight excluding hydrogens is 128 g/mol. The molecule has 0 heterocycles. The molecule has 0 fully saturated rings. The summed E-state index contributed by atoms with van der Waals surface area (Å²) in [6.07, 6.45) is 3.10. The summed E-state index contributed by atoms with van der Waals surface area (Å²) in [6, 6.07) is 0.